The minimum atomic E-state index is -1.03. The van der Waals surface area contributed by atoms with E-state index in [4.69, 9.17) is 4.74 Å². The van der Waals surface area contributed by atoms with Crippen molar-refractivity contribution in [2.75, 3.05) is 45.2 Å². The van der Waals surface area contributed by atoms with E-state index >= 15 is 0 Å². The number of amides is 2. The third kappa shape index (κ3) is 5.15. The molecule has 0 aliphatic carbocycles. The molecule has 0 saturated carbocycles. The Kier molecular flexibility index (Phi) is 7.18. The van der Waals surface area contributed by atoms with Gasteiger partial charge in [-0.05, 0) is 55.7 Å². The lowest BCUT2D eigenvalue weighted by Crippen LogP contribution is -2.48. The Morgan fingerprint density at radius 3 is 2.85 bits per heavy atom. The number of aryl methyl sites for hydroxylation is 1. The van der Waals surface area contributed by atoms with Gasteiger partial charge in [-0.3, -0.25) is 24.6 Å². The SMILES string of the molecule is COC1(C(=O)Nc2ccc3[nH]nc(-c4ccnc(C)c4)c3c2)CCN(CC(=O)N2CC=C(c3cscn3)CC2)C1. The van der Waals surface area contributed by atoms with E-state index in [1.54, 1.807) is 24.6 Å². The number of thiazole rings is 1. The zero-order valence-electron chi connectivity index (χ0n) is 22.5. The van der Waals surface area contributed by atoms with Gasteiger partial charge in [0, 0.05) is 67.2 Å². The number of fused-ring (bicyclic) bond motifs is 1. The zero-order valence-corrected chi connectivity index (χ0v) is 23.3. The Balaban J connectivity index is 1.11. The monoisotopic (exact) mass is 557 g/mol. The molecule has 2 aliphatic heterocycles. The van der Waals surface area contributed by atoms with Crippen molar-refractivity contribution in [3.8, 4) is 11.3 Å². The van der Waals surface area contributed by atoms with E-state index in [1.807, 2.05) is 57.9 Å². The summed E-state index contributed by atoms with van der Waals surface area (Å²) in [5, 5.41) is 13.5. The standard InChI is InChI=1S/C29H31N7O3S/c1-19-13-21(5-9-30-19)27-23-14-22(3-4-24(23)33-34-27)32-28(38)29(39-2)8-12-35(17-29)15-26(37)36-10-6-20(7-11-36)25-16-40-18-31-25/h3-6,9,13-14,16,18H,7-8,10-12,15,17H2,1-2H3,(H,32,38)(H,33,34). The van der Waals surface area contributed by atoms with Crippen molar-refractivity contribution in [2.45, 2.75) is 25.4 Å². The molecular weight excluding hydrogens is 526 g/mol. The van der Waals surface area contributed by atoms with Gasteiger partial charge in [-0.2, -0.15) is 5.10 Å². The summed E-state index contributed by atoms with van der Waals surface area (Å²) in [6, 6.07) is 9.58. The van der Waals surface area contributed by atoms with Crippen LogP contribution in [0.1, 0.15) is 24.2 Å². The first-order valence-electron chi connectivity index (χ1n) is 13.3. The predicted molar refractivity (Wildman–Crippen MR) is 155 cm³/mol. The number of rotatable bonds is 7. The Labute approximate surface area is 236 Å². The number of hydrogen-bond donors (Lipinski definition) is 2. The summed E-state index contributed by atoms with van der Waals surface area (Å²) >= 11 is 1.58. The van der Waals surface area contributed by atoms with Crippen LogP contribution in [0, 0.1) is 6.92 Å². The van der Waals surface area contributed by atoms with E-state index in [0.717, 1.165) is 40.0 Å². The molecule has 0 spiro atoms. The van der Waals surface area contributed by atoms with Crippen molar-refractivity contribution < 1.29 is 14.3 Å². The first kappa shape index (κ1) is 26.3. The molecule has 3 aromatic heterocycles. The second-order valence-corrected chi connectivity index (χ2v) is 11.0. The summed E-state index contributed by atoms with van der Waals surface area (Å²) in [5.74, 6) is -0.159. The fraction of sp³-hybridized carbons (Fsp3) is 0.345. The van der Waals surface area contributed by atoms with Crippen molar-refractivity contribution in [1.82, 2.24) is 30.0 Å². The Bertz CT molecular complexity index is 1580. The van der Waals surface area contributed by atoms with Gasteiger partial charge in [-0.25, -0.2) is 4.98 Å². The van der Waals surface area contributed by atoms with Gasteiger partial charge < -0.3 is 15.0 Å². The molecule has 1 atom stereocenters. The molecule has 1 saturated heterocycles. The molecule has 2 amide bonds. The van der Waals surface area contributed by atoms with E-state index in [9.17, 15) is 9.59 Å². The zero-order chi connectivity index (χ0) is 27.7. The lowest BCUT2D eigenvalue weighted by atomic mass is 10.0. The summed E-state index contributed by atoms with van der Waals surface area (Å²) < 4.78 is 5.80. The van der Waals surface area contributed by atoms with E-state index in [2.05, 4.69) is 31.6 Å². The van der Waals surface area contributed by atoms with Gasteiger partial charge in [0.2, 0.25) is 5.91 Å². The summed E-state index contributed by atoms with van der Waals surface area (Å²) in [4.78, 5) is 39.1. The van der Waals surface area contributed by atoms with Crippen LogP contribution >= 0.6 is 11.3 Å². The van der Waals surface area contributed by atoms with E-state index in [1.165, 1.54) is 5.57 Å². The molecule has 6 rings (SSSR count). The van der Waals surface area contributed by atoms with Crippen molar-refractivity contribution >= 4 is 45.3 Å². The topological polar surface area (TPSA) is 116 Å². The van der Waals surface area contributed by atoms with Crippen LogP contribution < -0.4 is 5.32 Å². The normalized spacial score (nSPS) is 19.6. The molecule has 40 heavy (non-hydrogen) atoms. The van der Waals surface area contributed by atoms with Crippen LogP contribution in [0.5, 0.6) is 0 Å². The predicted octanol–water partition coefficient (Wildman–Crippen LogP) is 3.74. The number of anilines is 1. The number of nitrogens with zero attached hydrogens (tertiary/aromatic N) is 5. The summed E-state index contributed by atoms with van der Waals surface area (Å²) in [5.41, 5.74) is 7.19. The summed E-state index contributed by atoms with van der Waals surface area (Å²) in [7, 11) is 1.56. The highest BCUT2D eigenvalue weighted by atomic mass is 32.1. The number of ether oxygens (including phenoxy) is 1. The van der Waals surface area contributed by atoms with Crippen LogP contribution in [0.3, 0.4) is 0 Å². The number of hydrogen-bond acceptors (Lipinski definition) is 8. The van der Waals surface area contributed by atoms with Gasteiger partial charge >= 0.3 is 0 Å². The molecular formula is C29H31N7O3S. The van der Waals surface area contributed by atoms with Gasteiger partial charge in [0.15, 0.2) is 5.60 Å². The smallest absolute Gasteiger partial charge is 0.258 e. The summed E-state index contributed by atoms with van der Waals surface area (Å²) in [6.45, 7) is 4.40. The minimum Gasteiger partial charge on any atom is -0.367 e. The number of nitrogens with one attached hydrogen (secondary N) is 2. The van der Waals surface area contributed by atoms with E-state index < -0.39 is 5.60 Å². The average Bonchev–Trinajstić information content (AvgIpc) is 3.73. The van der Waals surface area contributed by atoms with E-state index in [0.29, 0.717) is 38.3 Å². The molecule has 0 bridgehead atoms. The third-order valence-corrected chi connectivity index (χ3v) is 8.37. The van der Waals surface area contributed by atoms with Gasteiger partial charge in [0.25, 0.3) is 5.91 Å². The Hall–Kier alpha value is -3.93. The molecule has 2 N–H and O–H groups in total. The second-order valence-electron chi connectivity index (χ2n) is 10.3. The molecule has 1 aromatic carbocycles. The number of pyridine rings is 1. The average molecular weight is 558 g/mol. The molecule has 2 aliphatic rings. The fourth-order valence-corrected chi connectivity index (χ4v) is 6.05. The number of aromatic nitrogens is 4. The van der Waals surface area contributed by atoms with Crippen molar-refractivity contribution in [2.24, 2.45) is 0 Å². The number of methoxy groups -OCH3 is 1. The first-order chi connectivity index (χ1) is 19.4. The highest BCUT2D eigenvalue weighted by Gasteiger charge is 2.45. The second kappa shape index (κ2) is 10.9. The third-order valence-electron chi connectivity index (χ3n) is 7.79. The molecule has 4 aromatic rings. The molecule has 1 unspecified atom stereocenters. The molecule has 5 heterocycles. The number of likely N-dealkylation sites (tertiary alicyclic amines) is 1. The molecule has 206 valence electrons. The van der Waals surface area contributed by atoms with Crippen LogP contribution in [0.4, 0.5) is 5.69 Å². The van der Waals surface area contributed by atoms with Gasteiger partial charge in [0.05, 0.1) is 23.3 Å². The van der Waals surface area contributed by atoms with Crippen molar-refractivity contribution in [3.63, 3.8) is 0 Å². The van der Waals surface area contributed by atoms with E-state index in [-0.39, 0.29) is 18.4 Å². The van der Waals surface area contributed by atoms with Gasteiger partial charge in [-0.1, -0.05) is 6.08 Å². The quantitative estimate of drug-likeness (QED) is 0.356. The highest BCUT2D eigenvalue weighted by molar-refractivity contribution is 7.07. The van der Waals surface area contributed by atoms with Crippen LogP contribution in [0.2, 0.25) is 0 Å². The number of aromatic amines is 1. The Morgan fingerprint density at radius 1 is 1.20 bits per heavy atom. The first-order valence-corrected chi connectivity index (χ1v) is 14.2. The minimum absolute atomic E-state index is 0.0603. The number of benzene rings is 1. The van der Waals surface area contributed by atoms with Gasteiger partial charge in [-0.15, -0.1) is 11.3 Å². The maximum atomic E-state index is 13.5. The summed E-state index contributed by atoms with van der Waals surface area (Å²) in [6.07, 6.45) is 5.15. The number of H-pyrrole nitrogens is 1. The van der Waals surface area contributed by atoms with Crippen LogP contribution in [0.25, 0.3) is 27.7 Å². The van der Waals surface area contributed by atoms with Crippen molar-refractivity contribution in [1.29, 1.82) is 0 Å². The number of carbonyl (C=O) groups excluding carboxylic acids is 2. The molecule has 1 fully saturated rings. The van der Waals surface area contributed by atoms with Crippen LogP contribution in [-0.4, -0.2) is 87.2 Å². The lowest BCUT2D eigenvalue weighted by molar-refractivity contribution is -0.138. The maximum absolute atomic E-state index is 13.5. The molecule has 10 nitrogen and oxygen atoms in total. The van der Waals surface area contributed by atoms with Crippen LogP contribution in [0.15, 0.2) is 53.5 Å². The molecule has 11 heteroatoms. The lowest BCUT2D eigenvalue weighted by Gasteiger charge is -2.29. The van der Waals surface area contributed by atoms with Crippen molar-refractivity contribution in [3.05, 3.63) is 64.9 Å². The number of carbonyl (C=O) groups is 2. The van der Waals surface area contributed by atoms with Crippen LogP contribution in [-0.2, 0) is 14.3 Å². The highest BCUT2D eigenvalue weighted by Crippen LogP contribution is 2.31. The fourth-order valence-electron chi connectivity index (χ4n) is 5.48. The maximum Gasteiger partial charge on any atom is 0.258 e. The largest absolute Gasteiger partial charge is 0.367 e. The van der Waals surface area contributed by atoms with Gasteiger partial charge in [0.1, 0.15) is 5.69 Å². The molecule has 0 radical (unpaired) electrons. The Morgan fingerprint density at radius 2 is 2.10 bits per heavy atom.